The van der Waals surface area contributed by atoms with E-state index in [-0.39, 0.29) is 10.7 Å². The molecule has 2 aliphatic heterocycles. The van der Waals surface area contributed by atoms with E-state index >= 15 is 0 Å². The van der Waals surface area contributed by atoms with Crippen LogP contribution >= 0.6 is 15.9 Å². The Morgan fingerprint density at radius 3 is 2.32 bits per heavy atom. The lowest BCUT2D eigenvalue weighted by atomic mass is 9.84. The third-order valence-corrected chi connectivity index (χ3v) is 6.72. The van der Waals surface area contributed by atoms with E-state index in [2.05, 4.69) is 15.9 Å². The number of halogens is 1. The van der Waals surface area contributed by atoms with E-state index in [1.54, 1.807) is 12.1 Å². The fourth-order valence-electron chi connectivity index (χ4n) is 4.89. The highest BCUT2D eigenvalue weighted by Gasteiger charge is 2.58. The highest BCUT2D eigenvalue weighted by atomic mass is 79.9. The van der Waals surface area contributed by atoms with Gasteiger partial charge in [-0.2, -0.15) is 0 Å². The van der Waals surface area contributed by atoms with Gasteiger partial charge >= 0.3 is 0 Å². The molecule has 0 radical (unpaired) electrons. The molecule has 4 atom stereocenters. The average molecular weight is 475 g/mol. The quantitative estimate of drug-likeness (QED) is 0.290. The van der Waals surface area contributed by atoms with Crippen molar-refractivity contribution >= 4 is 33.5 Å². The molecule has 2 heterocycles. The van der Waals surface area contributed by atoms with E-state index < -0.39 is 24.0 Å². The van der Waals surface area contributed by atoms with Crippen LogP contribution in [0.2, 0.25) is 0 Å². The SMILES string of the molecule is O=C(c1ccc(Br)cc1)C1C(c2ccccc2)C([N+](=O)[O-])C2C=Cc3ccccc3N21. The van der Waals surface area contributed by atoms with Crippen molar-refractivity contribution < 1.29 is 9.72 Å². The molecule has 1 fully saturated rings. The second-order valence-corrected chi connectivity index (χ2v) is 8.76. The summed E-state index contributed by atoms with van der Waals surface area (Å²) in [6, 6.07) is 22.2. The lowest BCUT2D eigenvalue weighted by Gasteiger charge is -2.34. The number of nitrogens with zero attached hydrogens (tertiary/aromatic N) is 2. The minimum absolute atomic E-state index is 0.110. The van der Waals surface area contributed by atoms with E-state index in [4.69, 9.17) is 0 Å². The number of hydrogen-bond acceptors (Lipinski definition) is 4. The van der Waals surface area contributed by atoms with Crippen molar-refractivity contribution in [2.75, 3.05) is 4.90 Å². The molecule has 1 saturated heterocycles. The van der Waals surface area contributed by atoms with Crippen LogP contribution in [0, 0.1) is 10.1 Å². The number of ketones is 1. The van der Waals surface area contributed by atoms with Crippen molar-refractivity contribution in [3.8, 4) is 0 Å². The first-order valence-corrected chi connectivity index (χ1v) is 10.9. The summed E-state index contributed by atoms with van der Waals surface area (Å²) < 4.78 is 0.877. The first kappa shape index (κ1) is 19.7. The summed E-state index contributed by atoms with van der Waals surface area (Å²) in [6.45, 7) is 0. The van der Waals surface area contributed by atoms with E-state index in [9.17, 15) is 14.9 Å². The van der Waals surface area contributed by atoms with Gasteiger partial charge in [0.05, 0.1) is 5.92 Å². The number of benzene rings is 3. The highest BCUT2D eigenvalue weighted by Crippen LogP contribution is 2.46. The summed E-state index contributed by atoms with van der Waals surface area (Å²) in [5.41, 5.74) is 3.17. The van der Waals surface area contributed by atoms with Gasteiger partial charge in [-0.1, -0.05) is 88.7 Å². The van der Waals surface area contributed by atoms with Gasteiger partial charge in [-0.25, -0.2) is 0 Å². The maximum absolute atomic E-state index is 13.9. The Morgan fingerprint density at radius 1 is 0.935 bits per heavy atom. The number of anilines is 1. The van der Waals surface area contributed by atoms with Crippen LogP contribution in [0.15, 0.2) is 89.4 Å². The molecule has 4 unspecified atom stereocenters. The van der Waals surface area contributed by atoms with Gasteiger partial charge in [0.1, 0.15) is 12.1 Å². The Hall–Kier alpha value is -3.25. The van der Waals surface area contributed by atoms with Crippen LogP contribution in [0.1, 0.15) is 27.4 Å². The summed E-state index contributed by atoms with van der Waals surface area (Å²) in [7, 11) is 0. The number of carbonyl (C=O) groups excluding carboxylic acids is 1. The first-order chi connectivity index (χ1) is 15.1. The number of para-hydroxylation sites is 1. The lowest BCUT2D eigenvalue weighted by Crippen LogP contribution is -2.44. The van der Waals surface area contributed by atoms with Crippen molar-refractivity contribution in [3.63, 3.8) is 0 Å². The van der Waals surface area contributed by atoms with Crippen LogP contribution in [0.25, 0.3) is 6.08 Å². The zero-order valence-corrected chi connectivity index (χ0v) is 18.1. The molecule has 0 N–H and O–H groups in total. The van der Waals surface area contributed by atoms with Gasteiger partial charge in [0.15, 0.2) is 5.78 Å². The molecule has 6 heteroatoms. The molecule has 5 rings (SSSR count). The minimum atomic E-state index is -0.934. The minimum Gasteiger partial charge on any atom is -0.346 e. The molecule has 0 spiro atoms. The Labute approximate surface area is 188 Å². The van der Waals surface area contributed by atoms with E-state index in [1.807, 2.05) is 83.8 Å². The molecule has 3 aromatic rings. The topological polar surface area (TPSA) is 63.4 Å². The molecular weight excluding hydrogens is 456 g/mol. The number of hydrogen-bond donors (Lipinski definition) is 0. The summed E-state index contributed by atoms with van der Waals surface area (Å²) in [5.74, 6) is -0.686. The number of fused-ring (bicyclic) bond motifs is 3. The van der Waals surface area contributed by atoms with Crippen molar-refractivity contribution in [1.82, 2.24) is 0 Å². The monoisotopic (exact) mass is 474 g/mol. The molecule has 3 aromatic carbocycles. The predicted octanol–water partition coefficient (Wildman–Crippen LogP) is 5.35. The maximum Gasteiger partial charge on any atom is 0.245 e. The molecule has 0 bridgehead atoms. The molecule has 0 amide bonds. The smallest absolute Gasteiger partial charge is 0.245 e. The number of carbonyl (C=O) groups is 1. The standard InChI is InChI=1S/C25H19BrN2O3/c26-19-13-10-18(11-14-19)25(29)24-22(17-7-2-1-3-8-17)23(28(30)31)21-15-12-16-6-4-5-9-20(16)27(21)24/h1-15,21-24H. The molecule has 5 nitrogen and oxygen atoms in total. The molecule has 31 heavy (non-hydrogen) atoms. The third-order valence-electron chi connectivity index (χ3n) is 6.19. The van der Waals surface area contributed by atoms with E-state index in [1.165, 1.54) is 0 Å². The van der Waals surface area contributed by atoms with Gasteiger partial charge in [-0.05, 0) is 29.3 Å². The summed E-state index contributed by atoms with van der Waals surface area (Å²) in [5, 5.41) is 12.3. The Kier molecular flexibility index (Phi) is 4.94. The molecule has 2 aliphatic rings. The van der Waals surface area contributed by atoms with Crippen molar-refractivity contribution in [1.29, 1.82) is 0 Å². The zero-order valence-electron chi connectivity index (χ0n) is 16.5. The number of Topliss-reactive ketones (excluding diaryl/α,β-unsaturated/α-hetero) is 1. The van der Waals surface area contributed by atoms with Crippen LogP contribution < -0.4 is 4.90 Å². The van der Waals surface area contributed by atoms with Gasteiger partial charge in [-0.15, -0.1) is 0 Å². The molecule has 0 aliphatic carbocycles. The van der Waals surface area contributed by atoms with Crippen LogP contribution in [0.5, 0.6) is 0 Å². The largest absolute Gasteiger partial charge is 0.346 e. The van der Waals surface area contributed by atoms with Gasteiger partial charge in [0.25, 0.3) is 0 Å². The van der Waals surface area contributed by atoms with Crippen LogP contribution in [-0.2, 0) is 0 Å². The summed E-state index contributed by atoms with van der Waals surface area (Å²) in [4.78, 5) is 27.9. The predicted molar refractivity (Wildman–Crippen MR) is 124 cm³/mol. The average Bonchev–Trinajstić information content (AvgIpc) is 3.15. The van der Waals surface area contributed by atoms with Crippen LogP contribution in [-0.4, -0.2) is 28.8 Å². The van der Waals surface area contributed by atoms with Crippen molar-refractivity contribution in [2.45, 2.75) is 24.0 Å². The van der Waals surface area contributed by atoms with Gasteiger partial charge in [0, 0.05) is 20.6 Å². The Morgan fingerprint density at radius 2 is 1.61 bits per heavy atom. The first-order valence-electron chi connectivity index (χ1n) is 10.1. The second-order valence-electron chi connectivity index (χ2n) is 7.84. The van der Waals surface area contributed by atoms with E-state index in [0.717, 1.165) is 21.3 Å². The van der Waals surface area contributed by atoms with Gasteiger partial charge < -0.3 is 4.90 Å². The summed E-state index contributed by atoms with van der Waals surface area (Å²) in [6.07, 6.45) is 3.81. The normalized spacial score (nSPS) is 23.8. The second kappa shape index (κ2) is 7.78. The summed E-state index contributed by atoms with van der Waals surface area (Å²) >= 11 is 3.41. The number of rotatable bonds is 4. The van der Waals surface area contributed by atoms with Crippen LogP contribution in [0.3, 0.4) is 0 Å². The van der Waals surface area contributed by atoms with Crippen LogP contribution in [0.4, 0.5) is 5.69 Å². The maximum atomic E-state index is 13.9. The van der Waals surface area contributed by atoms with Gasteiger partial charge in [-0.3, -0.25) is 14.9 Å². The Balaban J connectivity index is 1.72. The fourth-order valence-corrected chi connectivity index (χ4v) is 5.15. The van der Waals surface area contributed by atoms with Crippen molar-refractivity contribution in [3.05, 3.63) is 116 Å². The van der Waals surface area contributed by atoms with E-state index in [0.29, 0.717) is 5.56 Å². The molecule has 0 saturated carbocycles. The fraction of sp³-hybridized carbons (Fsp3) is 0.160. The van der Waals surface area contributed by atoms with Crippen molar-refractivity contribution in [2.24, 2.45) is 0 Å². The van der Waals surface area contributed by atoms with Gasteiger partial charge in [0.2, 0.25) is 6.04 Å². The lowest BCUT2D eigenvalue weighted by molar-refractivity contribution is -0.524. The molecule has 0 aromatic heterocycles. The number of nitro groups is 1. The molecule has 154 valence electrons. The zero-order chi connectivity index (χ0) is 21.5. The molecular formula is C25H19BrN2O3. The third kappa shape index (κ3) is 3.27. The highest BCUT2D eigenvalue weighted by molar-refractivity contribution is 9.10. The Bertz CT molecular complexity index is 1180.